The van der Waals surface area contributed by atoms with Crippen LogP contribution in [0.1, 0.15) is 63.0 Å². The predicted octanol–water partition coefficient (Wildman–Crippen LogP) is 4.93. The molecule has 0 radical (unpaired) electrons. The molecule has 2 aliphatic carbocycles. The van der Waals surface area contributed by atoms with E-state index in [1.807, 2.05) is 0 Å². The van der Waals surface area contributed by atoms with Gasteiger partial charge < -0.3 is 16.4 Å². The Balaban J connectivity index is 1.50. The number of aromatic nitrogens is 4. The normalized spacial score (nSPS) is 21.7. The van der Waals surface area contributed by atoms with Crippen molar-refractivity contribution in [2.24, 2.45) is 11.7 Å². The third-order valence-electron chi connectivity index (χ3n) is 7.36. The fraction of sp³-hybridized carbons (Fsp3) is 0.480. The molecule has 2 aromatic heterocycles. The number of primary amides is 1. The molecule has 13 heteroatoms. The van der Waals surface area contributed by atoms with Crippen molar-refractivity contribution < 1.29 is 22.4 Å². The van der Waals surface area contributed by atoms with E-state index < -0.39 is 23.2 Å². The van der Waals surface area contributed by atoms with Crippen molar-refractivity contribution in [1.82, 2.24) is 19.5 Å². The van der Waals surface area contributed by atoms with E-state index in [0.717, 1.165) is 12.1 Å². The first kappa shape index (κ1) is 25.7. The van der Waals surface area contributed by atoms with E-state index in [0.29, 0.717) is 36.8 Å². The molecule has 0 atom stereocenters. The molecule has 2 heterocycles. The van der Waals surface area contributed by atoms with E-state index in [1.54, 1.807) is 10.6 Å². The number of benzene rings is 1. The molecule has 0 aliphatic heterocycles. The number of hydrogen-bond acceptors (Lipinski definition) is 7. The highest BCUT2D eigenvalue weighted by molar-refractivity contribution is 5.78. The smallest absolute Gasteiger partial charge is 0.248 e. The van der Waals surface area contributed by atoms with Crippen LogP contribution in [0.2, 0.25) is 0 Å². The van der Waals surface area contributed by atoms with Crippen LogP contribution in [0.25, 0.3) is 11.2 Å². The van der Waals surface area contributed by atoms with Crippen LogP contribution in [0.15, 0.2) is 18.3 Å². The molecule has 0 saturated heterocycles. The van der Waals surface area contributed by atoms with Gasteiger partial charge in [0, 0.05) is 30.8 Å². The van der Waals surface area contributed by atoms with Gasteiger partial charge >= 0.3 is 0 Å². The minimum atomic E-state index is -2.66. The summed E-state index contributed by atoms with van der Waals surface area (Å²) >= 11 is 0. The van der Waals surface area contributed by atoms with E-state index in [1.165, 1.54) is 6.20 Å². The SMILES string of the molecule is N#Cc1cc(F)c(Nc2nc3cnc(NC4CCC(F)(F)CC4)nc3n2[C@H]2CC[C@@H](C(N)=O)CC2)c(F)c1. The van der Waals surface area contributed by atoms with Crippen LogP contribution in [0.5, 0.6) is 0 Å². The minimum absolute atomic E-state index is 0.119. The lowest BCUT2D eigenvalue weighted by Crippen LogP contribution is -2.32. The number of nitriles is 1. The highest BCUT2D eigenvalue weighted by Crippen LogP contribution is 2.38. The quantitative estimate of drug-likeness (QED) is 0.385. The fourth-order valence-corrected chi connectivity index (χ4v) is 5.25. The van der Waals surface area contributed by atoms with E-state index in [-0.39, 0.29) is 67.1 Å². The summed E-state index contributed by atoms with van der Waals surface area (Å²) in [4.78, 5) is 25.0. The summed E-state index contributed by atoms with van der Waals surface area (Å²) in [5, 5.41) is 14.8. The van der Waals surface area contributed by atoms with Crippen molar-refractivity contribution in [3.05, 3.63) is 35.5 Å². The molecule has 5 rings (SSSR count). The molecule has 2 aliphatic rings. The monoisotopic (exact) mass is 530 g/mol. The number of nitrogens with zero attached hydrogens (tertiary/aromatic N) is 5. The minimum Gasteiger partial charge on any atom is -0.369 e. The zero-order valence-corrected chi connectivity index (χ0v) is 20.4. The maximum atomic E-state index is 14.7. The van der Waals surface area contributed by atoms with Gasteiger partial charge in [-0.1, -0.05) is 0 Å². The van der Waals surface area contributed by atoms with Gasteiger partial charge in [-0.05, 0) is 50.7 Å². The first-order valence-corrected chi connectivity index (χ1v) is 12.5. The zero-order valence-electron chi connectivity index (χ0n) is 20.4. The summed E-state index contributed by atoms with van der Waals surface area (Å²) in [7, 11) is 0. The summed E-state index contributed by atoms with van der Waals surface area (Å²) in [5.74, 6) is -4.86. The van der Waals surface area contributed by atoms with Crippen molar-refractivity contribution in [1.29, 1.82) is 5.26 Å². The highest BCUT2D eigenvalue weighted by atomic mass is 19.3. The number of amides is 1. The lowest BCUT2D eigenvalue weighted by atomic mass is 9.85. The predicted molar refractivity (Wildman–Crippen MR) is 131 cm³/mol. The van der Waals surface area contributed by atoms with Gasteiger partial charge in [0.15, 0.2) is 17.3 Å². The third-order valence-corrected chi connectivity index (χ3v) is 7.36. The summed E-state index contributed by atoms with van der Waals surface area (Å²) in [6.45, 7) is 0. The molecule has 0 unspecified atom stereocenters. The lowest BCUT2D eigenvalue weighted by Gasteiger charge is -2.29. The average molecular weight is 531 g/mol. The Morgan fingerprint density at radius 2 is 1.74 bits per heavy atom. The molecule has 200 valence electrons. The van der Waals surface area contributed by atoms with Crippen LogP contribution in [0.3, 0.4) is 0 Å². The number of carbonyl (C=O) groups excluding carboxylic acids is 1. The molecule has 4 N–H and O–H groups in total. The number of hydrogen-bond donors (Lipinski definition) is 3. The Morgan fingerprint density at radius 1 is 1.08 bits per heavy atom. The van der Waals surface area contributed by atoms with Crippen LogP contribution in [0.4, 0.5) is 35.1 Å². The fourth-order valence-electron chi connectivity index (χ4n) is 5.25. The maximum Gasteiger partial charge on any atom is 0.248 e. The third kappa shape index (κ3) is 5.20. The number of alkyl halides is 2. The Bertz CT molecular complexity index is 1380. The molecule has 3 aromatic rings. The van der Waals surface area contributed by atoms with Crippen LogP contribution < -0.4 is 16.4 Å². The van der Waals surface area contributed by atoms with Gasteiger partial charge in [-0.25, -0.2) is 27.5 Å². The molecule has 0 spiro atoms. The van der Waals surface area contributed by atoms with E-state index >= 15 is 0 Å². The second kappa shape index (κ2) is 10.1. The first-order chi connectivity index (χ1) is 18.1. The molecule has 1 amide bonds. The average Bonchev–Trinajstić information content (AvgIpc) is 3.24. The topological polar surface area (TPSA) is 135 Å². The lowest BCUT2D eigenvalue weighted by molar-refractivity contribution is -0.122. The number of carbonyl (C=O) groups is 1. The van der Waals surface area contributed by atoms with Crippen LogP contribution >= 0.6 is 0 Å². The number of imidazole rings is 1. The highest BCUT2D eigenvalue weighted by Gasteiger charge is 2.35. The molecule has 38 heavy (non-hydrogen) atoms. The number of nitrogens with two attached hydrogens (primary N) is 1. The number of anilines is 3. The molecule has 1 aromatic carbocycles. The van der Waals surface area contributed by atoms with Crippen molar-refractivity contribution in [2.45, 2.75) is 69.4 Å². The largest absolute Gasteiger partial charge is 0.369 e. The second-order valence-corrected chi connectivity index (χ2v) is 9.94. The maximum absolute atomic E-state index is 14.7. The number of nitrogens with one attached hydrogen (secondary N) is 2. The molecular formula is C25H26F4N8O. The number of fused-ring (bicyclic) bond motifs is 1. The van der Waals surface area contributed by atoms with Gasteiger partial charge in [-0.2, -0.15) is 10.2 Å². The summed E-state index contributed by atoms with van der Waals surface area (Å²) in [6.07, 6.45) is 3.74. The van der Waals surface area contributed by atoms with Gasteiger partial charge in [0.25, 0.3) is 0 Å². The second-order valence-electron chi connectivity index (χ2n) is 9.94. The Kier molecular flexibility index (Phi) is 6.81. The standard InChI is InChI=1S/C25H26F4N8O/c26-17-9-13(11-30)10-18(27)20(17)35-24-34-19-12-32-23(33-15-5-7-25(28,29)8-6-15)36-22(19)37(24)16-3-1-14(2-4-16)21(31)38/h9-10,12,14-16H,1-8H2,(H2,31,38)(H,34,35)(H,32,33,36)/t14-,16+. The van der Waals surface area contributed by atoms with E-state index in [9.17, 15) is 22.4 Å². The molecule has 0 bridgehead atoms. The summed E-state index contributed by atoms with van der Waals surface area (Å²) < 4.78 is 58.3. The summed E-state index contributed by atoms with van der Waals surface area (Å²) in [5.41, 5.74) is 5.60. The van der Waals surface area contributed by atoms with Crippen LogP contribution in [-0.2, 0) is 4.79 Å². The molecule has 2 fully saturated rings. The molecule has 9 nitrogen and oxygen atoms in total. The van der Waals surface area contributed by atoms with Gasteiger partial charge in [-0.3, -0.25) is 9.36 Å². The van der Waals surface area contributed by atoms with Crippen molar-refractivity contribution in [3.63, 3.8) is 0 Å². The van der Waals surface area contributed by atoms with Crippen molar-refractivity contribution in [3.8, 4) is 6.07 Å². The van der Waals surface area contributed by atoms with Crippen LogP contribution in [-0.4, -0.2) is 37.4 Å². The van der Waals surface area contributed by atoms with Gasteiger partial charge in [0.05, 0.1) is 17.8 Å². The molecular weight excluding hydrogens is 504 g/mol. The first-order valence-electron chi connectivity index (χ1n) is 12.5. The zero-order chi connectivity index (χ0) is 27.0. The van der Waals surface area contributed by atoms with E-state index in [2.05, 4.69) is 25.6 Å². The number of halogens is 4. The van der Waals surface area contributed by atoms with Gasteiger partial charge in [0.1, 0.15) is 11.2 Å². The Labute approximate surface area is 215 Å². The Morgan fingerprint density at radius 3 is 2.34 bits per heavy atom. The summed E-state index contributed by atoms with van der Waals surface area (Å²) in [6, 6.07) is 3.13. The van der Waals surface area contributed by atoms with Crippen molar-refractivity contribution >= 4 is 34.7 Å². The van der Waals surface area contributed by atoms with E-state index in [4.69, 9.17) is 11.0 Å². The molecule has 2 saturated carbocycles. The van der Waals surface area contributed by atoms with Crippen molar-refractivity contribution in [2.75, 3.05) is 10.6 Å². The Hall–Kier alpha value is -3.95. The van der Waals surface area contributed by atoms with Gasteiger partial charge in [-0.15, -0.1) is 0 Å². The van der Waals surface area contributed by atoms with Gasteiger partial charge in [0.2, 0.25) is 23.7 Å². The number of rotatable bonds is 6. The van der Waals surface area contributed by atoms with Crippen LogP contribution in [0, 0.1) is 28.9 Å².